The Morgan fingerprint density at radius 2 is 1.90 bits per heavy atom. The Morgan fingerprint density at radius 3 is 2.62 bits per heavy atom. The molecule has 0 amide bonds. The summed E-state index contributed by atoms with van der Waals surface area (Å²) in [5.74, 6) is -1.05. The van der Waals surface area contributed by atoms with Crippen molar-refractivity contribution in [2.45, 2.75) is 13.5 Å². The minimum Gasteiger partial charge on any atom is -0.493 e. The maximum Gasteiger partial charge on any atom is 0.339 e. The van der Waals surface area contributed by atoms with Gasteiger partial charge in [-0.3, -0.25) is 0 Å². The summed E-state index contributed by atoms with van der Waals surface area (Å²) < 4.78 is 24.1. The lowest BCUT2D eigenvalue weighted by molar-refractivity contribution is 0.0691. The van der Waals surface area contributed by atoms with Gasteiger partial charge in [0.15, 0.2) is 0 Å². The maximum atomic E-state index is 13.1. The van der Waals surface area contributed by atoms with E-state index in [-0.39, 0.29) is 17.9 Å². The molecule has 0 spiro atoms. The van der Waals surface area contributed by atoms with Crippen LogP contribution in [-0.2, 0) is 6.61 Å². The predicted molar refractivity (Wildman–Crippen MR) is 75.3 cm³/mol. The normalized spacial score (nSPS) is 10.2. The van der Waals surface area contributed by atoms with Gasteiger partial charge < -0.3 is 14.6 Å². The molecule has 2 aromatic rings. The number of rotatable bonds is 6. The summed E-state index contributed by atoms with van der Waals surface area (Å²) >= 11 is 0. The van der Waals surface area contributed by atoms with E-state index in [4.69, 9.17) is 14.6 Å². The lowest BCUT2D eigenvalue weighted by Gasteiger charge is -2.12. The van der Waals surface area contributed by atoms with Crippen molar-refractivity contribution in [2.75, 3.05) is 6.61 Å². The molecule has 0 heterocycles. The lowest BCUT2D eigenvalue weighted by Crippen LogP contribution is -2.05. The van der Waals surface area contributed by atoms with E-state index >= 15 is 0 Å². The first-order chi connectivity index (χ1) is 10.1. The van der Waals surface area contributed by atoms with E-state index in [0.29, 0.717) is 12.4 Å². The zero-order valence-electron chi connectivity index (χ0n) is 11.5. The van der Waals surface area contributed by atoms with E-state index in [1.54, 1.807) is 0 Å². The van der Waals surface area contributed by atoms with Gasteiger partial charge in [-0.2, -0.15) is 0 Å². The smallest absolute Gasteiger partial charge is 0.339 e. The minimum atomic E-state index is -1.23. The molecule has 2 aromatic carbocycles. The van der Waals surface area contributed by atoms with Crippen molar-refractivity contribution in [1.29, 1.82) is 0 Å². The second-order valence-corrected chi connectivity index (χ2v) is 4.28. The third-order valence-electron chi connectivity index (χ3n) is 2.83. The lowest BCUT2D eigenvalue weighted by atomic mass is 10.2. The van der Waals surface area contributed by atoms with E-state index in [2.05, 4.69) is 0 Å². The highest BCUT2D eigenvalue weighted by Gasteiger charge is 2.13. The second kappa shape index (κ2) is 6.74. The average Bonchev–Trinajstić information content (AvgIpc) is 2.47. The van der Waals surface area contributed by atoms with Crippen LogP contribution < -0.4 is 9.47 Å². The highest BCUT2D eigenvalue weighted by Crippen LogP contribution is 2.24. The van der Waals surface area contributed by atoms with E-state index < -0.39 is 11.8 Å². The molecule has 0 fully saturated rings. The first-order valence-corrected chi connectivity index (χ1v) is 6.48. The number of hydrogen-bond donors (Lipinski definition) is 1. The zero-order chi connectivity index (χ0) is 15.2. The van der Waals surface area contributed by atoms with Crippen LogP contribution >= 0.6 is 0 Å². The number of carboxylic acids is 1. The molecule has 110 valence electrons. The Hall–Kier alpha value is -2.56. The number of aromatic carboxylic acids is 1. The molecule has 21 heavy (non-hydrogen) atoms. The third kappa shape index (κ3) is 3.72. The Bertz CT molecular complexity index is 640. The molecule has 0 saturated heterocycles. The number of halogens is 1. The van der Waals surface area contributed by atoms with Crippen molar-refractivity contribution in [3.8, 4) is 11.5 Å². The minimum absolute atomic E-state index is 0.121. The van der Waals surface area contributed by atoms with Crippen LogP contribution in [0.25, 0.3) is 0 Å². The van der Waals surface area contributed by atoms with Gasteiger partial charge in [0.25, 0.3) is 0 Å². The molecule has 0 aliphatic heterocycles. The van der Waals surface area contributed by atoms with Crippen LogP contribution in [-0.4, -0.2) is 17.7 Å². The fourth-order valence-corrected chi connectivity index (χ4v) is 1.87. The van der Waals surface area contributed by atoms with Crippen molar-refractivity contribution in [3.63, 3.8) is 0 Å². The van der Waals surface area contributed by atoms with Crippen LogP contribution in [0.3, 0.4) is 0 Å². The Kier molecular flexibility index (Phi) is 4.77. The second-order valence-electron chi connectivity index (χ2n) is 4.28. The molecule has 0 aromatic heterocycles. The molecule has 1 N–H and O–H groups in total. The molecule has 0 aliphatic carbocycles. The van der Waals surface area contributed by atoms with Crippen molar-refractivity contribution in [1.82, 2.24) is 0 Å². The van der Waals surface area contributed by atoms with Crippen LogP contribution in [0.4, 0.5) is 4.39 Å². The molecular weight excluding hydrogens is 275 g/mol. The Morgan fingerprint density at radius 1 is 1.14 bits per heavy atom. The van der Waals surface area contributed by atoms with Crippen molar-refractivity contribution in [2.24, 2.45) is 0 Å². The number of hydrogen-bond acceptors (Lipinski definition) is 3. The molecule has 0 radical (unpaired) electrons. The molecule has 0 atom stereocenters. The standard InChI is InChI=1S/C16H15FO4/c1-2-20-14-6-4-3-5-11(14)10-21-15-8-7-12(17)9-13(15)16(18)19/h3-9H,2,10H2,1H3,(H,18,19). The van der Waals surface area contributed by atoms with E-state index in [0.717, 1.165) is 17.7 Å². The van der Waals surface area contributed by atoms with Crippen LogP contribution in [0.5, 0.6) is 11.5 Å². The highest BCUT2D eigenvalue weighted by molar-refractivity contribution is 5.90. The summed E-state index contributed by atoms with van der Waals surface area (Å²) in [6.07, 6.45) is 0. The molecule has 0 saturated carbocycles. The maximum absolute atomic E-state index is 13.1. The summed E-state index contributed by atoms with van der Waals surface area (Å²) in [6, 6.07) is 10.7. The van der Waals surface area contributed by atoms with Gasteiger partial charge in [0.05, 0.1) is 6.61 Å². The summed E-state index contributed by atoms with van der Waals surface area (Å²) in [5.41, 5.74) is 0.587. The number of carboxylic acid groups (broad SMARTS) is 1. The summed E-state index contributed by atoms with van der Waals surface area (Å²) in [5, 5.41) is 9.05. The number of ether oxygens (including phenoxy) is 2. The third-order valence-corrected chi connectivity index (χ3v) is 2.83. The fraction of sp³-hybridized carbons (Fsp3) is 0.188. The quantitative estimate of drug-likeness (QED) is 0.884. The van der Waals surface area contributed by atoms with Gasteiger partial charge in [-0.15, -0.1) is 0 Å². The van der Waals surface area contributed by atoms with Gasteiger partial charge in [-0.05, 0) is 31.2 Å². The first-order valence-electron chi connectivity index (χ1n) is 6.48. The zero-order valence-corrected chi connectivity index (χ0v) is 11.5. The molecule has 2 rings (SSSR count). The average molecular weight is 290 g/mol. The molecule has 5 heteroatoms. The largest absolute Gasteiger partial charge is 0.493 e. The van der Waals surface area contributed by atoms with Gasteiger partial charge in [-0.1, -0.05) is 18.2 Å². The molecule has 0 unspecified atom stereocenters. The van der Waals surface area contributed by atoms with Gasteiger partial charge in [0, 0.05) is 5.56 Å². The summed E-state index contributed by atoms with van der Waals surface area (Å²) in [7, 11) is 0. The highest BCUT2D eigenvalue weighted by atomic mass is 19.1. The van der Waals surface area contributed by atoms with E-state index in [1.807, 2.05) is 31.2 Å². The van der Waals surface area contributed by atoms with E-state index in [9.17, 15) is 9.18 Å². The fourth-order valence-electron chi connectivity index (χ4n) is 1.87. The summed E-state index contributed by atoms with van der Waals surface area (Å²) in [6.45, 7) is 2.54. The van der Waals surface area contributed by atoms with Gasteiger partial charge in [0.1, 0.15) is 29.5 Å². The van der Waals surface area contributed by atoms with Crippen LogP contribution in [0, 0.1) is 5.82 Å². The van der Waals surface area contributed by atoms with Crippen molar-refractivity contribution in [3.05, 3.63) is 59.4 Å². The van der Waals surface area contributed by atoms with Crippen LogP contribution in [0.1, 0.15) is 22.8 Å². The Labute approximate surface area is 121 Å². The predicted octanol–water partition coefficient (Wildman–Crippen LogP) is 3.50. The molecule has 4 nitrogen and oxygen atoms in total. The van der Waals surface area contributed by atoms with Gasteiger partial charge >= 0.3 is 5.97 Å². The molecular formula is C16H15FO4. The van der Waals surface area contributed by atoms with Gasteiger partial charge in [-0.25, -0.2) is 9.18 Å². The Balaban J connectivity index is 2.19. The number of benzene rings is 2. The van der Waals surface area contributed by atoms with Crippen LogP contribution in [0.2, 0.25) is 0 Å². The summed E-state index contributed by atoms with van der Waals surface area (Å²) in [4.78, 5) is 11.1. The number of para-hydroxylation sites is 1. The number of carbonyl (C=O) groups is 1. The van der Waals surface area contributed by atoms with Crippen LogP contribution in [0.15, 0.2) is 42.5 Å². The monoisotopic (exact) mass is 290 g/mol. The molecule has 0 bridgehead atoms. The van der Waals surface area contributed by atoms with Crippen molar-refractivity contribution >= 4 is 5.97 Å². The van der Waals surface area contributed by atoms with Gasteiger partial charge in [0.2, 0.25) is 0 Å². The first kappa shape index (κ1) is 14.8. The SMILES string of the molecule is CCOc1ccccc1COc1ccc(F)cc1C(=O)O. The molecule has 0 aliphatic rings. The van der Waals surface area contributed by atoms with E-state index in [1.165, 1.54) is 6.07 Å². The topological polar surface area (TPSA) is 55.8 Å². The van der Waals surface area contributed by atoms with Crippen molar-refractivity contribution < 1.29 is 23.8 Å².